The zero-order valence-electron chi connectivity index (χ0n) is 21.9. The molecule has 1 amide bonds. The smallest absolute Gasteiger partial charge is 0.302 e. The second kappa shape index (κ2) is 10.9. The van der Waals surface area contributed by atoms with Crippen molar-refractivity contribution < 1.29 is 19.4 Å². The summed E-state index contributed by atoms with van der Waals surface area (Å²) in [6, 6.07) is 18.0. The highest BCUT2D eigenvalue weighted by Crippen LogP contribution is 2.41. The van der Waals surface area contributed by atoms with E-state index < -0.39 is 5.91 Å². The summed E-state index contributed by atoms with van der Waals surface area (Å²) < 4.78 is 15.2. The second-order valence-corrected chi connectivity index (χ2v) is 11.1. The molecule has 0 unspecified atom stereocenters. The van der Waals surface area contributed by atoms with Crippen LogP contribution in [0.25, 0.3) is 10.9 Å². The number of halogens is 1. The van der Waals surface area contributed by atoms with Gasteiger partial charge in [-0.05, 0) is 60.9 Å². The van der Waals surface area contributed by atoms with Crippen LogP contribution in [-0.2, 0) is 18.0 Å². The lowest BCUT2D eigenvalue weighted by Crippen LogP contribution is -2.47. The Morgan fingerprint density at radius 1 is 1.07 bits per heavy atom. The number of rotatable bonds is 7. The molecule has 1 saturated heterocycles. The molecule has 0 spiro atoms. The summed E-state index contributed by atoms with van der Waals surface area (Å²) in [5.41, 5.74) is 2.13. The first-order valence-corrected chi connectivity index (χ1v) is 13.8. The van der Waals surface area contributed by atoms with Gasteiger partial charge in [-0.2, -0.15) is 0 Å². The van der Waals surface area contributed by atoms with Gasteiger partial charge in [-0.15, -0.1) is 10.2 Å². The molecule has 206 valence electrons. The van der Waals surface area contributed by atoms with Gasteiger partial charge in [-0.1, -0.05) is 22.0 Å². The molecule has 0 saturated carbocycles. The number of nitrogens with zero attached hydrogens (tertiary/aromatic N) is 5. The Morgan fingerprint density at radius 2 is 1.88 bits per heavy atom. The monoisotopic (exact) mass is 605 g/mol. The van der Waals surface area contributed by atoms with Gasteiger partial charge in [-0.3, -0.25) is 19.1 Å². The van der Waals surface area contributed by atoms with Crippen molar-refractivity contribution in [2.75, 3.05) is 26.8 Å². The summed E-state index contributed by atoms with van der Waals surface area (Å²) in [6.07, 6.45) is 1.05. The number of carbonyl (C=O) groups excluding carboxylic acids is 1. The average molecular weight is 606 g/mol. The fourth-order valence-corrected chi connectivity index (χ4v) is 6.16. The molecule has 1 N–H and O–H groups in total. The third-order valence-electron chi connectivity index (χ3n) is 7.55. The molecule has 0 radical (unpaired) electrons. The van der Waals surface area contributed by atoms with Gasteiger partial charge in [-0.25, -0.2) is 0 Å². The van der Waals surface area contributed by atoms with Crippen molar-refractivity contribution in [3.63, 3.8) is 0 Å². The number of hydrogen-bond donors (Lipinski definition) is 1. The number of carbonyl (C=O) groups is 1. The van der Waals surface area contributed by atoms with E-state index in [0.29, 0.717) is 36.0 Å². The number of amides is 1. The SMILES string of the molecule is COc1ccc(OCC(=O)N=Nc2c(O)n(CN3C[C@@H]4C[C@H](C3)c3cccc(=O)n3C4)c3ccc(Br)cc23)cc1. The number of benzene rings is 2. The van der Waals surface area contributed by atoms with Gasteiger partial charge in [0.25, 0.3) is 5.56 Å². The van der Waals surface area contributed by atoms with E-state index in [0.717, 1.165) is 35.2 Å². The molecule has 2 aliphatic rings. The van der Waals surface area contributed by atoms with Crippen LogP contribution in [0.1, 0.15) is 18.0 Å². The van der Waals surface area contributed by atoms with Gasteiger partial charge >= 0.3 is 5.91 Å². The molecule has 10 nitrogen and oxygen atoms in total. The van der Waals surface area contributed by atoms with Crippen LogP contribution in [-0.4, -0.2) is 51.9 Å². The minimum Gasteiger partial charge on any atom is -0.497 e. The second-order valence-electron chi connectivity index (χ2n) is 10.2. The van der Waals surface area contributed by atoms with E-state index in [4.69, 9.17) is 9.47 Å². The van der Waals surface area contributed by atoms with Gasteiger partial charge in [0.1, 0.15) is 11.5 Å². The summed E-state index contributed by atoms with van der Waals surface area (Å²) in [5.74, 6) is 1.15. The van der Waals surface area contributed by atoms with Crippen molar-refractivity contribution in [2.45, 2.75) is 25.6 Å². The van der Waals surface area contributed by atoms with E-state index >= 15 is 0 Å². The predicted molar refractivity (Wildman–Crippen MR) is 152 cm³/mol. The van der Waals surface area contributed by atoms with Gasteiger partial charge in [0.15, 0.2) is 12.3 Å². The van der Waals surface area contributed by atoms with Gasteiger partial charge < -0.3 is 19.1 Å². The quantitative estimate of drug-likeness (QED) is 0.295. The van der Waals surface area contributed by atoms with Crippen LogP contribution in [0.3, 0.4) is 0 Å². The number of piperidine rings is 1. The molecule has 2 atom stereocenters. The molecule has 11 heteroatoms. The summed E-state index contributed by atoms with van der Waals surface area (Å²) in [6.45, 7) is 2.43. The Balaban J connectivity index is 1.21. The van der Waals surface area contributed by atoms with Gasteiger partial charge in [0, 0.05) is 47.2 Å². The van der Waals surface area contributed by atoms with Crippen molar-refractivity contribution in [1.29, 1.82) is 0 Å². The minimum atomic E-state index is -0.580. The first-order chi connectivity index (χ1) is 19.4. The molecule has 4 aromatic rings. The molecule has 6 rings (SSSR count). The molecule has 0 aliphatic carbocycles. The number of likely N-dealkylation sites (tertiary alicyclic amines) is 1. The number of ether oxygens (including phenoxy) is 2. The third kappa shape index (κ3) is 5.14. The van der Waals surface area contributed by atoms with E-state index in [9.17, 15) is 14.7 Å². The van der Waals surface area contributed by atoms with E-state index in [2.05, 4.69) is 31.1 Å². The number of hydrogen-bond acceptors (Lipinski definition) is 7. The van der Waals surface area contributed by atoms with E-state index in [1.807, 2.05) is 34.9 Å². The Morgan fingerprint density at radius 3 is 2.67 bits per heavy atom. The topological polar surface area (TPSA) is 111 Å². The highest BCUT2D eigenvalue weighted by molar-refractivity contribution is 9.10. The first-order valence-electron chi connectivity index (χ1n) is 13.0. The van der Waals surface area contributed by atoms with Crippen molar-refractivity contribution in [2.24, 2.45) is 16.1 Å². The van der Waals surface area contributed by atoms with E-state index in [1.165, 1.54) is 0 Å². The number of aromatic nitrogens is 2. The van der Waals surface area contributed by atoms with Crippen LogP contribution in [0, 0.1) is 5.92 Å². The summed E-state index contributed by atoms with van der Waals surface area (Å²) in [7, 11) is 1.57. The maximum atomic E-state index is 12.4. The van der Waals surface area contributed by atoms with E-state index in [-0.39, 0.29) is 29.7 Å². The average Bonchev–Trinajstić information content (AvgIpc) is 3.20. The lowest BCUT2D eigenvalue weighted by Gasteiger charge is -2.42. The van der Waals surface area contributed by atoms with E-state index in [1.54, 1.807) is 42.0 Å². The van der Waals surface area contributed by atoms with Crippen LogP contribution in [0.5, 0.6) is 17.4 Å². The molecule has 1 fully saturated rings. The van der Waals surface area contributed by atoms with Gasteiger partial charge in [0.05, 0.1) is 19.3 Å². The third-order valence-corrected chi connectivity index (χ3v) is 8.05. The summed E-state index contributed by atoms with van der Waals surface area (Å²) in [4.78, 5) is 27.1. The number of aromatic hydroxyl groups is 1. The summed E-state index contributed by atoms with van der Waals surface area (Å²) in [5, 5.41) is 19.9. The molecule has 2 aromatic heterocycles. The maximum Gasteiger partial charge on any atom is 0.302 e. The first kappa shape index (κ1) is 26.3. The van der Waals surface area contributed by atoms with Crippen molar-refractivity contribution >= 4 is 38.4 Å². The zero-order chi connectivity index (χ0) is 27.8. The van der Waals surface area contributed by atoms with Crippen LogP contribution >= 0.6 is 15.9 Å². The maximum absolute atomic E-state index is 12.4. The number of pyridine rings is 1. The summed E-state index contributed by atoms with van der Waals surface area (Å²) >= 11 is 3.50. The molecule has 4 heterocycles. The van der Waals surface area contributed by atoms with Crippen LogP contribution < -0.4 is 15.0 Å². The van der Waals surface area contributed by atoms with Crippen molar-refractivity contribution in [3.8, 4) is 17.4 Å². The Labute approximate surface area is 238 Å². The lowest BCUT2D eigenvalue weighted by atomic mass is 9.83. The Kier molecular flexibility index (Phi) is 7.16. The Hall–Kier alpha value is -3.96. The molecule has 40 heavy (non-hydrogen) atoms. The molecule has 2 aromatic carbocycles. The van der Waals surface area contributed by atoms with Crippen molar-refractivity contribution in [1.82, 2.24) is 14.0 Å². The molecule has 2 aliphatic heterocycles. The standard InChI is InChI=1S/C29H28BrN5O5/c1-39-21-6-8-22(9-7-21)40-16-26(36)31-32-28-23-12-20(30)5-10-25(23)35(29(28)38)17-33-13-18-11-19(15-33)24-3-2-4-27(37)34(24)14-18/h2-10,12,18-19,38H,11,13-17H2,1H3/t18-,19+/m0/s1. The van der Waals surface area contributed by atoms with Gasteiger partial charge in [0.2, 0.25) is 5.88 Å². The van der Waals surface area contributed by atoms with Crippen LogP contribution in [0.4, 0.5) is 5.69 Å². The largest absolute Gasteiger partial charge is 0.497 e. The highest BCUT2D eigenvalue weighted by atomic mass is 79.9. The predicted octanol–water partition coefficient (Wildman–Crippen LogP) is 5.05. The fourth-order valence-electron chi connectivity index (χ4n) is 5.80. The molecular weight excluding hydrogens is 578 g/mol. The Bertz CT molecular complexity index is 1660. The van der Waals surface area contributed by atoms with Crippen LogP contribution in [0.15, 0.2) is 80.2 Å². The number of fused-ring (bicyclic) bond motifs is 5. The fraction of sp³-hybridized carbons (Fsp3) is 0.310. The number of azo groups is 1. The number of methoxy groups -OCH3 is 1. The zero-order valence-corrected chi connectivity index (χ0v) is 23.5. The minimum absolute atomic E-state index is 0.0548. The lowest BCUT2D eigenvalue weighted by molar-refractivity contribution is -0.120. The van der Waals surface area contributed by atoms with Crippen molar-refractivity contribution in [3.05, 3.63) is 81.2 Å². The molecule has 2 bridgehead atoms. The highest BCUT2D eigenvalue weighted by Gasteiger charge is 2.35. The van der Waals surface area contributed by atoms with Crippen LogP contribution in [0.2, 0.25) is 0 Å². The molecular formula is C29H28BrN5O5. The normalized spacial score (nSPS) is 18.6.